The molecule has 1 fully saturated rings. The molecule has 1 aromatic heterocycles. The van der Waals surface area contributed by atoms with Crippen LogP contribution in [0.5, 0.6) is 5.75 Å². The number of aromatic nitrogens is 2. The van der Waals surface area contributed by atoms with Crippen LogP contribution >= 0.6 is 12.2 Å². The lowest BCUT2D eigenvalue weighted by atomic mass is 10.2. The summed E-state index contributed by atoms with van der Waals surface area (Å²) in [5, 5.41) is 3.44. The topological polar surface area (TPSA) is 59.4 Å². The van der Waals surface area contributed by atoms with Crippen molar-refractivity contribution in [1.82, 2.24) is 19.8 Å². The Kier molecular flexibility index (Phi) is 4.90. The van der Waals surface area contributed by atoms with Crippen LogP contribution in [0, 0.1) is 0 Å². The van der Waals surface area contributed by atoms with Crippen LogP contribution in [0.1, 0.15) is 12.0 Å². The summed E-state index contributed by atoms with van der Waals surface area (Å²) in [5.74, 6) is 0.681. The lowest BCUT2D eigenvalue weighted by Crippen LogP contribution is -2.32. The Hall–Kier alpha value is -2.67. The third-order valence-corrected chi connectivity index (χ3v) is 4.07. The molecule has 24 heavy (non-hydrogen) atoms. The van der Waals surface area contributed by atoms with E-state index in [0.717, 1.165) is 24.3 Å². The SMILES string of the molecule is COc1ccc(/C=C2/NC(=S)N(CCCn3ccnc3)C2=O)cc1. The minimum Gasteiger partial charge on any atom is -0.497 e. The number of imidazole rings is 1. The standard InChI is InChI=1S/C17H18N4O2S/c1-23-14-5-3-13(4-6-14)11-15-16(22)21(17(24)19-15)9-2-8-20-10-7-18-12-20/h3-7,10-12H,2,8-9H2,1H3,(H,19,24)/b15-11+. The molecule has 0 aliphatic carbocycles. The third kappa shape index (κ3) is 3.62. The molecule has 0 bridgehead atoms. The number of aryl methyl sites for hydroxylation is 1. The molecule has 2 aromatic rings. The molecule has 1 aliphatic rings. The molecule has 0 unspecified atom stereocenters. The maximum absolute atomic E-state index is 12.5. The van der Waals surface area contributed by atoms with Gasteiger partial charge in [0.2, 0.25) is 0 Å². The Balaban J connectivity index is 1.63. The Morgan fingerprint density at radius 1 is 1.29 bits per heavy atom. The van der Waals surface area contributed by atoms with Crippen molar-refractivity contribution < 1.29 is 9.53 Å². The highest BCUT2D eigenvalue weighted by Crippen LogP contribution is 2.17. The molecule has 1 amide bonds. The van der Waals surface area contributed by atoms with E-state index >= 15 is 0 Å². The fourth-order valence-corrected chi connectivity index (χ4v) is 2.76. The van der Waals surface area contributed by atoms with Crippen molar-refractivity contribution in [2.45, 2.75) is 13.0 Å². The normalized spacial score (nSPS) is 15.9. The van der Waals surface area contributed by atoms with Gasteiger partial charge >= 0.3 is 0 Å². The summed E-state index contributed by atoms with van der Waals surface area (Å²) in [6.07, 6.45) is 8.00. The zero-order valence-electron chi connectivity index (χ0n) is 13.3. The van der Waals surface area contributed by atoms with E-state index in [0.29, 0.717) is 17.4 Å². The van der Waals surface area contributed by atoms with Crippen LogP contribution in [0.2, 0.25) is 0 Å². The zero-order chi connectivity index (χ0) is 16.9. The quantitative estimate of drug-likeness (QED) is 0.643. The molecular weight excluding hydrogens is 324 g/mol. The summed E-state index contributed by atoms with van der Waals surface area (Å²) >= 11 is 5.28. The Labute approximate surface area is 145 Å². The first-order valence-corrected chi connectivity index (χ1v) is 8.02. The van der Waals surface area contributed by atoms with E-state index in [-0.39, 0.29) is 5.91 Å². The summed E-state index contributed by atoms with van der Waals surface area (Å²) in [7, 11) is 1.62. The highest BCUT2D eigenvalue weighted by molar-refractivity contribution is 7.80. The fourth-order valence-electron chi connectivity index (χ4n) is 2.47. The third-order valence-electron chi connectivity index (χ3n) is 3.75. The van der Waals surface area contributed by atoms with Gasteiger partial charge in [-0.15, -0.1) is 0 Å². The van der Waals surface area contributed by atoms with Crippen molar-refractivity contribution in [2.75, 3.05) is 13.7 Å². The maximum Gasteiger partial charge on any atom is 0.276 e. The number of methoxy groups -OCH3 is 1. The predicted molar refractivity (Wildman–Crippen MR) is 95.3 cm³/mol. The first-order chi connectivity index (χ1) is 11.7. The summed E-state index contributed by atoms with van der Waals surface area (Å²) in [6.45, 7) is 1.37. The van der Waals surface area contributed by atoms with E-state index in [4.69, 9.17) is 17.0 Å². The van der Waals surface area contributed by atoms with Gasteiger partial charge in [0.15, 0.2) is 5.11 Å². The van der Waals surface area contributed by atoms with Gasteiger partial charge < -0.3 is 14.6 Å². The largest absolute Gasteiger partial charge is 0.497 e. The van der Waals surface area contributed by atoms with Crippen LogP contribution in [-0.4, -0.2) is 39.1 Å². The van der Waals surface area contributed by atoms with Crippen LogP contribution in [0.25, 0.3) is 6.08 Å². The van der Waals surface area contributed by atoms with Crippen molar-refractivity contribution in [3.05, 3.63) is 54.2 Å². The first kappa shape index (κ1) is 16.2. The van der Waals surface area contributed by atoms with Crippen molar-refractivity contribution in [3.8, 4) is 5.75 Å². The Bertz CT molecular complexity index is 753. The second kappa shape index (κ2) is 7.27. The maximum atomic E-state index is 12.5. The summed E-state index contributed by atoms with van der Waals surface area (Å²) in [4.78, 5) is 18.1. The van der Waals surface area contributed by atoms with E-state index in [1.54, 1.807) is 30.6 Å². The lowest BCUT2D eigenvalue weighted by molar-refractivity contribution is -0.122. The van der Waals surface area contributed by atoms with Gasteiger partial charge in [0.1, 0.15) is 11.4 Å². The molecule has 3 rings (SSSR count). The number of carbonyl (C=O) groups excluding carboxylic acids is 1. The van der Waals surface area contributed by atoms with Crippen LogP contribution in [-0.2, 0) is 11.3 Å². The van der Waals surface area contributed by atoms with Crippen LogP contribution in [0.15, 0.2) is 48.7 Å². The van der Waals surface area contributed by atoms with Gasteiger partial charge in [-0.3, -0.25) is 9.69 Å². The smallest absolute Gasteiger partial charge is 0.276 e. The molecule has 6 nitrogen and oxygen atoms in total. The summed E-state index contributed by atoms with van der Waals surface area (Å²) in [5.41, 5.74) is 1.41. The van der Waals surface area contributed by atoms with Gasteiger partial charge in [-0.25, -0.2) is 4.98 Å². The molecule has 1 aliphatic heterocycles. The molecule has 124 valence electrons. The summed E-state index contributed by atoms with van der Waals surface area (Å²) in [6, 6.07) is 7.50. The summed E-state index contributed by atoms with van der Waals surface area (Å²) < 4.78 is 7.11. The highest BCUT2D eigenvalue weighted by atomic mass is 32.1. The molecule has 0 atom stereocenters. The van der Waals surface area contributed by atoms with E-state index in [2.05, 4.69) is 10.3 Å². The highest BCUT2D eigenvalue weighted by Gasteiger charge is 2.29. The molecule has 1 saturated heterocycles. The number of thiocarbonyl (C=S) groups is 1. The van der Waals surface area contributed by atoms with E-state index < -0.39 is 0 Å². The molecular formula is C17H18N4O2S. The second-order valence-corrected chi connectivity index (χ2v) is 5.76. The Morgan fingerprint density at radius 2 is 2.08 bits per heavy atom. The number of hydrogen-bond acceptors (Lipinski definition) is 4. The number of amides is 1. The van der Waals surface area contributed by atoms with Gasteiger partial charge in [-0.1, -0.05) is 12.1 Å². The van der Waals surface area contributed by atoms with Gasteiger partial charge in [-0.2, -0.15) is 0 Å². The molecule has 0 radical (unpaired) electrons. The van der Waals surface area contributed by atoms with E-state index in [9.17, 15) is 4.79 Å². The minimum absolute atomic E-state index is 0.0959. The lowest BCUT2D eigenvalue weighted by Gasteiger charge is -2.13. The number of ether oxygens (including phenoxy) is 1. The van der Waals surface area contributed by atoms with Gasteiger partial charge in [0.05, 0.1) is 13.4 Å². The van der Waals surface area contributed by atoms with Gasteiger partial charge in [-0.05, 0) is 42.4 Å². The zero-order valence-corrected chi connectivity index (χ0v) is 14.1. The molecule has 7 heteroatoms. The molecule has 1 N–H and O–H groups in total. The first-order valence-electron chi connectivity index (χ1n) is 7.62. The number of nitrogens with one attached hydrogen (secondary N) is 1. The second-order valence-electron chi connectivity index (χ2n) is 5.37. The molecule has 0 saturated carbocycles. The number of hydrogen-bond donors (Lipinski definition) is 1. The molecule has 0 spiro atoms. The van der Waals surface area contributed by atoms with E-state index in [1.807, 2.05) is 35.0 Å². The minimum atomic E-state index is -0.0959. The van der Waals surface area contributed by atoms with Crippen LogP contribution in [0.4, 0.5) is 0 Å². The van der Waals surface area contributed by atoms with Crippen LogP contribution < -0.4 is 10.1 Å². The Morgan fingerprint density at radius 3 is 2.75 bits per heavy atom. The van der Waals surface area contributed by atoms with Crippen molar-refractivity contribution in [1.29, 1.82) is 0 Å². The van der Waals surface area contributed by atoms with Gasteiger partial charge in [0.25, 0.3) is 5.91 Å². The van der Waals surface area contributed by atoms with Crippen LogP contribution in [0.3, 0.4) is 0 Å². The number of rotatable bonds is 6. The van der Waals surface area contributed by atoms with Gasteiger partial charge in [0, 0.05) is 25.5 Å². The van der Waals surface area contributed by atoms with Crippen molar-refractivity contribution >= 4 is 29.3 Å². The fraction of sp³-hybridized carbons (Fsp3) is 0.235. The average Bonchev–Trinajstić information content (AvgIpc) is 3.19. The van der Waals surface area contributed by atoms with E-state index in [1.165, 1.54) is 0 Å². The van der Waals surface area contributed by atoms with Crippen molar-refractivity contribution in [3.63, 3.8) is 0 Å². The number of nitrogens with zero attached hydrogens (tertiary/aromatic N) is 3. The number of carbonyl (C=O) groups is 1. The predicted octanol–water partition coefficient (Wildman–Crippen LogP) is 2.04. The van der Waals surface area contributed by atoms with Crippen molar-refractivity contribution in [2.24, 2.45) is 0 Å². The average molecular weight is 342 g/mol. The monoisotopic (exact) mass is 342 g/mol. The number of benzene rings is 1. The molecule has 1 aromatic carbocycles. The molecule has 2 heterocycles.